The summed E-state index contributed by atoms with van der Waals surface area (Å²) in [6, 6.07) is 0. The Balaban J connectivity index is 3.27. The normalized spacial score (nSPS) is 13.1. The van der Waals surface area contributed by atoms with Crippen LogP contribution in [0.2, 0.25) is 0 Å². The molecule has 1 unspecified atom stereocenters. The van der Waals surface area contributed by atoms with Crippen molar-refractivity contribution in [2.45, 2.75) is 47.1 Å². The van der Waals surface area contributed by atoms with Gasteiger partial charge in [-0.3, -0.25) is 0 Å². The van der Waals surface area contributed by atoms with Crippen LogP contribution in [0.25, 0.3) is 0 Å². The van der Waals surface area contributed by atoms with Gasteiger partial charge in [0.1, 0.15) is 11.9 Å². The average molecular weight is 391 g/mol. The molecule has 0 saturated heterocycles. The van der Waals surface area contributed by atoms with Crippen molar-refractivity contribution in [3.8, 4) is 0 Å². The van der Waals surface area contributed by atoms with Crippen molar-refractivity contribution in [1.29, 1.82) is 0 Å². The summed E-state index contributed by atoms with van der Waals surface area (Å²) in [6.07, 6.45) is 0.899. The number of hydrogen-bond acceptors (Lipinski definition) is 4. The van der Waals surface area contributed by atoms with E-state index in [1.807, 2.05) is 0 Å². The molecule has 1 N–H and O–H groups in total. The lowest BCUT2D eigenvalue weighted by molar-refractivity contribution is 0.0573. The predicted octanol–water partition coefficient (Wildman–Crippen LogP) is 4.06. The number of rotatable bonds is 7. The summed E-state index contributed by atoms with van der Waals surface area (Å²) in [5, 5.41) is 3.33. The molecule has 114 valence electrons. The van der Waals surface area contributed by atoms with E-state index >= 15 is 0 Å². The summed E-state index contributed by atoms with van der Waals surface area (Å²) >= 11 is 2.34. The van der Waals surface area contributed by atoms with Gasteiger partial charge in [-0.15, -0.1) is 0 Å². The molecule has 1 heterocycles. The Morgan fingerprint density at radius 2 is 1.85 bits per heavy atom. The molecule has 4 nitrogen and oxygen atoms in total. The van der Waals surface area contributed by atoms with E-state index in [-0.39, 0.29) is 6.10 Å². The van der Waals surface area contributed by atoms with E-state index in [0.29, 0.717) is 11.8 Å². The van der Waals surface area contributed by atoms with Crippen molar-refractivity contribution in [3.63, 3.8) is 0 Å². The van der Waals surface area contributed by atoms with Gasteiger partial charge in [-0.2, -0.15) is 0 Å². The van der Waals surface area contributed by atoms with E-state index in [1.165, 1.54) is 0 Å². The highest BCUT2D eigenvalue weighted by molar-refractivity contribution is 14.1. The first kappa shape index (κ1) is 17.6. The fourth-order valence-electron chi connectivity index (χ4n) is 2.12. The first-order chi connectivity index (χ1) is 9.40. The van der Waals surface area contributed by atoms with Gasteiger partial charge in [-0.25, -0.2) is 9.97 Å². The van der Waals surface area contributed by atoms with Crippen LogP contribution in [0.4, 0.5) is 5.82 Å². The third kappa shape index (κ3) is 4.55. The smallest absolute Gasteiger partial charge is 0.160 e. The van der Waals surface area contributed by atoms with Crippen molar-refractivity contribution < 1.29 is 4.74 Å². The maximum absolute atomic E-state index is 5.58. The third-order valence-corrected chi connectivity index (χ3v) is 4.13. The van der Waals surface area contributed by atoms with Gasteiger partial charge in [0, 0.05) is 13.7 Å². The van der Waals surface area contributed by atoms with Gasteiger partial charge < -0.3 is 10.1 Å². The highest BCUT2D eigenvalue weighted by Gasteiger charge is 2.22. The lowest BCUT2D eigenvalue weighted by Crippen LogP contribution is -2.17. The molecule has 0 aromatic carbocycles. The molecular weight excluding hydrogens is 365 g/mol. The standard InChI is InChI=1S/C15H26IN3O/c1-7-17-14-12(16)11(8-9(2)3)18-15(19-14)13(20-6)10(4)5/h9-10,13H,7-8H2,1-6H3,(H,17,18,19). The molecular formula is C15H26IN3O. The monoisotopic (exact) mass is 391 g/mol. The van der Waals surface area contributed by atoms with E-state index in [9.17, 15) is 0 Å². The average Bonchev–Trinajstić information content (AvgIpc) is 2.34. The molecule has 0 amide bonds. The van der Waals surface area contributed by atoms with Gasteiger partial charge >= 0.3 is 0 Å². The number of halogens is 1. The first-order valence-electron chi connectivity index (χ1n) is 7.23. The number of nitrogens with zero attached hydrogens (tertiary/aromatic N) is 2. The number of nitrogens with one attached hydrogen (secondary N) is 1. The minimum absolute atomic E-state index is 0.0599. The zero-order valence-corrected chi connectivity index (χ0v) is 15.5. The predicted molar refractivity (Wildman–Crippen MR) is 92.0 cm³/mol. The highest BCUT2D eigenvalue weighted by atomic mass is 127. The minimum atomic E-state index is -0.0599. The summed E-state index contributed by atoms with van der Waals surface area (Å²) in [5.41, 5.74) is 1.12. The Labute approximate surface area is 136 Å². The van der Waals surface area contributed by atoms with Crippen LogP contribution in [-0.4, -0.2) is 23.6 Å². The van der Waals surface area contributed by atoms with E-state index in [2.05, 4.69) is 67.5 Å². The maximum Gasteiger partial charge on any atom is 0.160 e. The summed E-state index contributed by atoms with van der Waals surface area (Å²) in [7, 11) is 1.72. The summed E-state index contributed by atoms with van der Waals surface area (Å²) in [6.45, 7) is 11.6. The molecule has 0 spiro atoms. The fourth-order valence-corrected chi connectivity index (χ4v) is 2.77. The summed E-state index contributed by atoms with van der Waals surface area (Å²) in [4.78, 5) is 9.43. The van der Waals surface area contributed by atoms with Crippen molar-refractivity contribution in [2.75, 3.05) is 19.0 Å². The summed E-state index contributed by atoms with van der Waals surface area (Å²) < 4.78 is 6.70. The molecule has 0 radical (unpaired) electrons. The molecule has 5 heteroatoms. The van der Waals surface area contributed by atoms with Crippen LogP contribution in [0.1, 0.15) is 52.2 Å². The van der Waals surface area contributed by atoms with Gasteiger partial charge in [0.05, 0.1) is 9.26 Å². The van der Waals surface area contributed by atoms with Gasteiger partial charge in [0.15, 0.2) is 5.82 Å². The first-order valence-corrected chi connectivity index (χ1v) is 8.31. The second-order valence-electron chi connectivity index (χ2n) is 5.72. The number of hydrogen-bond donors (Lipinski definition) is 1. The zero-order valence-electron chi connectivity index (χ0n) is 13.3. The van der Waals surface area contributed by atoms with Crippen molar-refractivity contribution in [3.05, 3.63) is 15.1 Å². The zero-order chi connectivity index (χ0) is 15.3. The summed E-state index contributed by atoms with van der Waals surface area (Å²) in [5.74, 6) is 2.63. The van der Waals surface area contributed by atoms with Crippen LogP contribution in [0.15, 0.2) is 0 Å². The molecule has 1 atom stereocenters. The Kier molecular flexibility index (Phi) is 7.15. The SMILES string of the molecule is CCNc1nc(C(OC)C(C)C)nc(CC(C)C)c1I. The van der Waals surface area contributed by atoms with E-state index < -0.39 is 0 Å². The molecule has 0 saturated carbocycles. The Bertz CT molecular complexity index is 435. The molecule has 0 bridgehead atoms. The van der Waals surface area contributed by atoms with Crippen LogP contribution < -0.4 is 5.32 Å². The van der Waals surface area contributed by atoms with Crippen LogP contribution in [0.5, 0.6) is 0 Å². The van der Waals surface area contributed by atoms with Gasteiger partial charge in [-0.1, -0.05) is 27.7 Å². The second-order valence-corrected chi connectivity index (χ2v) is 6.80. The molecule has 1 aromatic rings. The Morgan fingerprint density at radius 3 is 2.30 bits per heavy atom. The van der Waals surface area contributed by atoms with Crippen LogP contribution >= 0.6 is 22.6 Å². The van der Waals surface area contributed by atoms with E-state index in [1.54, 1.807) is 7.11 Å². The van der Waals surface area contributed by atoms with E-state index in [0.717, 1.165) is 33.9 Å². The molecule has 0 fully saturated rings. The fraction of sp³-hybridized carbons (Fsp3) is 0.733. The number of aromatic nitrogens is 2. The molecule has 0 aliphatic rings. The maximum atomic E-state index is 5.58. The molecule has 1 rings (SSSR count). The van der Waals surface area contributed by atoms with Gasteiger partial charge in [0.2, 0.25) is 0 Å². The quantitative estimate of drug-likeness (QED) is 0.713. The topological polar surface area (TPSA) is 47.0 Å². The van der Waals surface area contributed by atoms with Gasteiger partial charge in [-0.05, 0) is 47.8 Å². The highest BCUT2D eigenvalue weighted by Crippen LogP contribution is 2.27. The number of ether oxygens (including phenoxy) is 1. The van der Waals surface area contributed by atoms with Crippen LogP contribution in [-0.2, 0) is 11.2 Å². The van der Waals surface area contributed by atoms with Crippen molar-refractivity contribution in [1.82, 2.24) is 9.97 Å². The van der Waals surface area contributed by atoms with E-state index in [4.69, 9.17) is 9.72 Å². The molecule has 0 aliphatic heterocycles. The van der Waals surface area contributed by atoms with Gasteiger partial charge in [0.25, 0.3) is 0 Å². The molecule has 20 heavy (non-hydrogen) atoms. The number of anilines is 1. The third-order valence-electron chi connectivity index (χ3n) is 3.00. The van der Waals surface area contributed by atoms with Crippen molar-refractivity contribution in [2.24, 2.45) is 11.8 Å². The minimum Gasteiger partial charge on any atom is -0.373 e. The Morgan fingerprint density at radius 1 is 1.20 bits per heavy atom. The molecule has 0 aliphatic carbocycles. The van der Waals surface area contributed by atoms with Crippen LogP contribution in [0.3, 0.4) is 0 Å². The molecule has 1 aromatic heterocycles. The number of methoxy groups -OCH3 is 1. The van der Waals surface area contributed by atoms with Crippen LogP contribution in [0, 0.1) is 15.4 Å². The Hall–Kier alpha value is -0.430. The van der Waals surface area contributed by atoms with Crippen molar-refractivity contribution >= 4 is 28.4 Å². The lowest BCUT2D eigenvalue weighted by atomic mass is 10.1. The lowest BCUT2D eigenvalue weighted by Gasteiger charge is -2.21. The largest absolute Gasteiger partial charge is 0.373 e. The second kappa shape index (κ2) is 8.12.